The molecule has 0 aliphatic heterocycles. The summed E-state index contributed by atoms with van der Waals surface area (Å²) in [5.41, 5.74) is 0.752. The van der Waals surface area contributed by atoms with Crippen LogP contribution < -0.4 is 10.9 Å². The van der Waals surface area contributed by atoms with E-state index in [9.17, 15) is 4.79 Å². The SMILES string of the molecule is CSCCNc1cnn(CC2CC2)c(=O)c1Br. The Bertz CT molecular complexity index is 445. The minimum absolute atomic E-state index is 0.0361. The van der Waals surface area contributed by atoms with Gasteiger partial charge in [0.25, 0.3) is 5.56 Å². The lowest BCUT2D eigenvalue weighted by molar-refractivity contribution is 0.532. The highest BCUT2D eigenvalue weighted by Gasteiger charge is 2.23. The maximum atomic E-state index is 12.0. The van der Waals surface area contributed by atoms with Gasteiger partial charge in [-0.15, -0.1) is 0 Å². The summed E-state index contributed by atoms with van der Waals surface area (Å²) in [4.78, 5) is 12.0. The van der Waals surface area contributed by atoms with Crippen LogP contribution in [0.15, 0.2) is 15.5 Å². The highest BCUT2D eigenvalue weighted by atomic mass is 79.9. The molecule has 1 fully saturated rings. The van der Waals surface area contributed by atoms with Gasteiger partial charge in [-0.05, 0) is 40.9 Å². The molecule has 0 aromatic carbocycles. The summed E-state index contributed by atoms with van der Waals surface area (Å²) in [5.74, 6) is 1.67. The predicted molar refractivity (Wildman–Crippen MR) is 75.8 cm³/mol. The van der Waals surface area contributed by atoms with Gasteiger partial charge in [0.2, 0.25) is 0 Å². The topological polar surface area (TPSA) is 46.9 Å². The molecule has 0 atom stereocenters. The van der Waals surface area contributed by atoms with Crippen molar-refractivity contribution in [3.8, 4) is 0 Å². The number of rotatable bonds is 6. The fraction of sp³-hybridized carbons (Fsp3) is 0.636. The van der Waals surface area contributed by atoms with E-state index in [1.807, 2.05) is 0 Å². The lowest BCUT2D eigenvalue weighted by Crippen LogP contribution is -2.25. The number of halogens is 1. The summed E-state index contributed by atoms with van der Waals surface area (Å²) in [6.07, 6.45) is 6.23. The Morgan fingerprint density at radius 1 is 1.65 bits per heavy atom. The molecule has 1 aliphatic rings. The third kappa shape index (κ3) is 3.48. The first-order chi connectivity index (χ1) is 8.22. The van der Waals surface area contributed by atoms with Crippen molar-refractivity contribution in [2.75, 3.05) is 23.9 Å². The fourth-order valence-corrected chi connectivity index (χ4v) is 2.30. The molecule has 94 valence electrons. The summed E-state index contributed by atoms with van der Waals surface area (Å²) >= 11 is 5.12. The maximum absolute atomic E-state index is 12.0. The Labute approximate surface area is 113 Å². The average molecular weight is 318 g/mol. The molecule has 0 spiro atoms. The van der Waals surface area contributed by atoms with Crippen LogP contribution in [0.4, 0.5) is 5.69 Å². The van der Waals surface area contributed by atoms with E-state index in [4.69, 9.17) is 0 Å². The first-order valence-corrected chi connectivity index (χ1v) is 7.89. The standard InChI is InChI=1S/C11H16BrN3OS/c1-17-5-4-13-9-6-14-15(7-8-2-3-8)11(16)10(9)12/h6,8,13H,2-5,7H2,1H3. The monoisotopic (exact) mass is 317 g/mol. The van der Waals surface area contributed by atoms with Crippen molar-refractivity contribution in [1.29, 1.82) is 0 Å². The van der Waals surface area contributed by atoms with Crippen LogP contribution in [-0.4, -0.2) is 28.3 Å². The van der Waals surface area contributed by atoms with E-state index in [2.05, 4.69) is 32.6 Å². The highest BCUT2D eigenvalue weighted by molar-refractivity contribution is 9.10. The molecule has 1 aliphatic carbocycles. The van der Waals surface area contributed by atoms with Crippen molar-refractivity contribution in [1.82, 2.24) is 9.78 Å². The van der Waals surface area contributed by atoms with Crippen molar-refractivity contribution in [2.45, 2.75) is 19.4 Å². The zero-order chi connectivity index (χ0) is 12.3. The van der Waals surface area contributed by atoms with E-state index in [1.165, 1.54) is 12.8 Å². The third-order valence-electron chi connectivity index (χ3n) is 2.73. The van der Waals surface area contributed by atoms with Gasteiger partial charge in [0.1, 0.15) is 4.47 Å². The molecule has 1 N–H and O–H groups in total. The zero-order valence-electron chi connectivity index (χ0n) is 9.78. The van der Waals surface area contributed by atoms with E-state index < -0.39 is 0 Å². The Balaban J connectivity index is 2.08. The molecular weight excluding hydrogens is 302 g/mol. The minimum atomic E-state index is -0.0361. The lowest BCUT2D eigenvalue weighted by Gasteiger charge is -2.09. The van der Waals surface area contributed by atoms with Crippen LogP contribution >= 0.6 is 27.7 Å². The van der Waals surface area contributed by atoms with Gasteiger partial charge in [0, 0.05) is 18.8 Å². The zero-order valence-corrected chi connectivity index (χ0v) is 12.2. The Kier molecular flexibility index (Phi) is 4.50. The maximum Gasteiger partial charge on any atom is 0.283 e. The normalized spacial score (nSPS) is 14.9. The van der Waals surface area contributed by atoms with Gasteiger partial charge in [0.05, 0.1) is 11.9 Å². The Hall–Kier alpha value is -0.490. The summed E-state index contributed by atoms with van der Waals surface area (Å²) in [6.45, 7) is 1.59. The lowest BCUT2D eigenvalue weighted by atomic mass is 10.4. The number of thioether (sulfide) groups is 1. The van der Waals surface area contributed by atoms with Gasteiger partial charge in [-0.25, -0.2) is 4.68 Å². The molecule has 1 saturated carbocycles. The second-order valence-corrected chi connectivity index (χ2v) is 6.00. The molecule has 2 rings (SSSR count). The largest absolute Gasteiger partial charge is 0.382 e. The van der Waals surface area contributed by atoms with Crippen LogP contribution in [0.2, 0.25) is 0 Å². The van der Waals surface area contributed by atoms with Crippen molar-refractivity contribution < 1.29 is 0 Å². The van der Waals surface area contributed by atoms with Crippen LogP contribution in [0.25, 0.3) is 0 Å². The van der Waals surface area contributed by atoms with Crippen LogP contribution in [0.1, 0.15) is 12.8 Å². The van der Waals surface area contributed by atoms with Crippen molar-refractivity contribution in [2.24, 2.45) is 5.92 Å². The number of hydrogen-bond donors (Lipinski definition) is 1. The first kappa shape index (κ1) is 13.0. The highest BCUT2D eigenvalue weighted by Crippen LogP contribution is 2.30. The second-order valence-electron chi connectivity index (χ2n) is 4.22. The molecule has 0 saturated heterocycles. The number of aromatic nitrogens is 2. The summed E-state index contributed by atoms with van der Waals surface area (Å²) in [7, 11) is 0. The van der Waals surface area contributed by atoms with Gasteiger partial charge in [0.15, 0.2) is 0 Å². The van der Waals surface area contributed by atoms with Crippen LogP contribution in [0.5, 0.6) is 0 Å². The van der Waals surface area contributed by atoms with Gasteiger partial charge >= 0.3 is 0 Å². The van der Waals surface area contributed by atoms with Gasteiger partial charge < -0.3 is 5.32 Å². The molecule has 0 radical (unpaired) electrons. The molecule has 1 aromatic heterocycles. The van der Waals surface area contributed by atoms with Crippen LogP contribution in [0.3, 0.4) is 0 Å². The van der Waals surface area contributed by atoms with Crippen LogP contribution in [0, 0.1) is 5.92 Å². The van der Waals surface area contributed by atoms with Crippen molar-refractivity contribution >= 4 is 33.4 Å². The average Bonchev–Trinajstić information content (AvgIpc) is 3.12. The van der Waals surface area contributed by atoms with Gasteiger partial charge in [-0.2, -0.15) is 16.9 Å². The summed E-state index contributed by atoms with van der Waals surface area (Å²) < 4.78 is 2.15. The number of anilines is 1. The minimum Gasteiger partial charge on any atom is -0.382 e. The van der Waals surface area contributed by atoms with E-state index in [1.54, 1.807) is 22.6 Å². The molecule has 6 heteroatoms. The third-order valence-corrected chi connectivity index (χ3v) is 4.11. The molecule has 4 nitrogen and oxygen atoms in total. The van der Waals surface area contributed by atoms with E-state index in [-0.39, 0.29) is 5.56 Å². The van der Waals surface area contributed by atoms with E-state index >= 15 is 0 Å². The molecule has 0 bridgehead atoms. The second kappa shape index (κ2) is 5.91. The molecule has 1 aromatic rings. The van der Waals surface area contributed by atoms with E-state index in [0.29, 0.717) is 10.4 Å². The molecular formula is C11H16BrN3OS. The van der Waals surface area contributed by atoms with Gasteiger partial charge in [-0.3, -0.25) is 4.79 Å². The molecule has 0 unspecified atom stereocenters. The van der Waals surface area contributed by atoms with Gasteiger partial charge in [-0.1, -0.05) is 0 Å². The number of nitrogens with one attached hydrogen (secondary N) is 1. The van der Waals surface area contributed by atoms with E-state index in [0.717, 1.165) is 24.5 Å². The Morgan fingerprint density at radius 2 is 2.41 bits per heavy atom. The molecule has 1 heterocycles. The summed E-state index contributed by atoms with van der Waals surface area (Å²) in [6, 6.07) is 0. The smallest absolute Gasteiger partial charge is 0.283 e. The van der Waals surface area contributed by atoms with Crippen molar-refractivity contribution in [3.63, 3.8) is 0 Å². The number of hydrogen-bond acceptors (Lipinski definition) is 4. The van der Waals surface area contributed by atoms with Crippen LogP contribution in [-0.2, 0) is 6.54 Å². The van der Waals surface area contributed by atoms with Crippen molar-refractivity contribution in [3.05, 3.63) is 21.0 Å². The number of nitrogens with zero attached hydrogens (tertiary/aromatic N) is 2. The fourth-order valence-electron chi connectivity index (χ4n) is 1.55. The molecule has 17 heavy (non-hydrogen) atoms. The predicted octanol–water partition coefficient (Wildman–Crippen LogP) is 2.19. The first-order valence-electron chi connectivity index (χ1n) is 5.71. The Morgan fingerprint density at radius 3 is 3.06 bits per heavy atom. The summed E-state index contributed by atoms with van der Waals surface area (Å²) in [5, 5.41) is 7.41. The molecule has 0 amide bonds. The quantitative estimate of drug-likeness (QED) is 0.817.